The quantitative estimate of drug-likeness (QED) is 0.461. The van der Waals surface area contributed by atoms with Gasteiger partial charge in [0.05, 0.1) is 16.8 Å². The van der Waals surface area contributed by atoms with Crippen molar-refractivity contribution in [2.45, 2.75) is 6.92 Å². The SMILES string of the molecule is CCOc1ccc2c(c1)sc(=NC(=O)c1cccc(Oc3ccccc3)c1)n2C. The van der Waals surface area contributed by atoms with Crippen LogP contribution in [0.2, 0.25) is 0 Å². The maximum atomic E-state index is 12.8. The summed E-state index contributed by atoms with van der Waals surface area (Å²) in [6.45, 7) is 2.56. The predicted octanol–water partition coefficient (Wildman–Crippen LogP) is 5.17. The Bertz CT molecular complexity index is 1230. The minimum Gasteiger partial charge on any atom is -0.494 e. The van der Waals surface area contributed by atoms with Crippen molar-refractivity contribution in [1.29, 1.82) is 0 Å². The second kappa shape index (κ2) is 8.32. The van der Waals surface area contributed by atoms with E-state index in [0.29, 0.717) is 22.7 Å². The second-order valence-corrected chi connectivity index (χ2v) is 7.38. The van der Waals surface area contributed by atoms with Crippen molar-refractivity contribution in [2.75, 3.05) is 6.61 Å². The largest absolute Gasteiger partial charge is 0.494 e. The van der Waals surface area contributed by atoms with Crippen LogP contribution in [0.25, 0.3) is 10.2 Å². The highest BCUT2D eigenvalue weighted by molar-refractivity contribution is 7.16. The van der Waals surface area contributed by atoms with E-state index < -0.39 is 0 Å². The highest BCUT2D eigenvalue weighted by atomic mass is 32.1. The fourth-order valence-corrected chi connectivity index (χ4v) is 3.99. The molecule has 4 aromatic rings. The van der Waals surface area contributed by atoms with Crippen molar-refractivity contribution in [3.8, 4) is 17.2 Å². The summed E-state index contributed by atoms with van der Waals surface area (Å²) in [5.41, 5.74) is 1.48. The first kappa shape index (κ1) is 19.0. The number of hydrogen-bond donors (Lipinski definition) is 0. The lowest BCUT2D eigenvalue weighted by molar-refractivity contribution is 0.0997. The van der Waals surface area contributed by atoms with Crippen molar-refractivity contribution in [3.05, 3.63) is 83.2 Å². The van der Waals surface area contributed by atoms with Crippen LogP contribution in [0.3, 0.4) is 0 Å². The molecule has 1 aromatic heterocycles. The van der Waals surface area contributed by atoms with Gasteiger partial charge >= 0.3 is 0 Å². The summed E-state index contributed by atoms with van der Waals surface area (Å²) in [6, 6.07) is 22.4. The molecular weight excluding hydrogens is 384 g/mol. The Kier molecular flexibility index (Phi) is 5.44. The van der Waals surface area contributed by atoms with E-state index in [1.54, 1.807) is 18.2 Å². The van der Waals surface area contributed by atoms with Gasteiger partial charge in [-0.1, -0.05) is 35.6 Å². The molecule has 3 aromatic carbocycles. The molecule has 6 heteroatoms. The summed E-state index contributed by atoms with van der Waals surface area (Å²) in [5, 5.41) is 0. The molecule has 5 nitrogen and oxygen atoms in total. The smallest absolute Gasteiger partial charge is 0.279 e. The first-order valence-corrected chi connectivity index (χ1v) is 10.1. The van der Waals surface area contributed by atoms with E-state index in [-0.39, 0.29) is 5.91 Å². The summed E-state index contributed by atoms with van der Waals surface area (Å²) >= 11 is 1.46. The van der Waals surface area contributed by atoms with Gasteiger partial charge in [0.1, 0.15) is 17.2 Å². The normalized spacial score (nSPS) is 11.6. The summed E-state index contributed by atoms with van der Waals surface area (Å²) < 4.78 is 14.3. The Labute approximate surface area is 172 Å². The van der Waals surface area contributed by atoms with E-state index in [0.717, 1.165) is 21.7 Å². The van der Waals surface area contributed by atoms with Crippen LogP contribution in [0.5, 0.6) is 17.2 Å². The van der Waals surface area contributed by atoms with Gasteiger partial charge in [-0.05, 0) is 55.5 Å². The van der Waals surface area contributed by atoms with Crippen molar-refractivity contribution in [1.82, 2.24) is 4.57 Å². The van der Waals surface area contributed by atoms with Crippen LogP contribution >= 0.6 is 11.3 Å². The van der Waals surface area contributed by atoms with Gasteiger partial charge in [0.2, 0.25) is 0 Å². The number of aryl methyl sites for hydroxylation is 1. The Morgan fingerprint density at radius 3 is 2.55 bits per heavy atom. The molecule has 0 saturated carbocycles. The van der Waals surface area contributed by atoms with Gasteiger partial charge in [0.15, 0.2) is 4.80 Å². The van der Waals surface area contributed by atoms with Gasteiger partial charge in [-0.3, -0.25) is 4.79 Å². The zero-order valence-corrected chi connectivity index (χ0v) is 17.0. The van der Waals surface area contributed by atoms with Gasteiger partial charge in [-0.15, -0.1) is 0 Å². The molecule has 0 atom stereocenters. The van der Waals surface area contributed by atoms with E-state index >= 15 is 0 Å². The van der Waals surface area contributed by atoms with Crippen LogP contribution in [0.1, 0.15) is 17.3 Å². The van der Waals surface area contributed by atoms with Crippen molar-refractivity contribution < 1.29 is 14.3 Å². The molecule has 146 valence electrons. The number of thiazole rings is 1. The maximum Gasteiger partial charge on any atom is 0.279 e. The van der Waals surface area contributed by atoms with E-state index in [1.807, 2.05) is 73.1 Å². The molecule has 0 N–H and O–H groups in total. The summed E-state index contributed by atoms with van der Waals surface area (Å²) in [4.78, 5) is 17.7. The third kappa shape index (κ3) is 4.22. The van der Waals surface area contributed by atoms with Crippen LogP contribution in [0.4, 0.5) is 0 Å². The Morgan fingerprint density at radius 1 is 0.966 bits per heavy atom. The van der Waals surface area contributed by atoms with Crippen molar-refractivity contribution >= 4 is 27.5 Å². The van der Waals surface area contributed by atoms with Crippen molar-refractivity contribution in [2.24, 2.45) is 12.0 Å². The highest BCUT2D eigenvalue weighted by Gasteiger charge is 2.09. The van der Waals surface area contributed by atoms with E-state index in [1.165, 1.54) is 11.3 Å². The summed E-state index contributed by atoms with van der Waals surface area (Å²) in [6.07, 6.45) is 0. The number of benzene rings is 3. The minimum atomic E-state index is -0.310. The molecule has 0 bridgehead atoms. The molecule has 1 amide bonds. The summed E-state index contributed by atoms with van der Waals surface area (Å²) in [5.74, 6) is 1.82. The number of rotatable bonds is 5. The maximum absolute atomic E-state index is 12.8. The molecule has 0 aliphatic rings. The number of amides is 1. The molecule has 29 heavy (non-hydrogen) atoms. The van der Waals surface area contributed by atoms with E-state index in [4.69, 9.17) is 9.47 Å². The molecule has 0 unspecified atom stereocenters. The standard InChI is InChI=1S/C23H20N2O3S/c1-3-27-18-12-13-20-21(15-18)29-23(25(20)2)24-22(26)16-8-7-11-19(14-16)28-17-9-5-4-6-10-17/h4-15H,3H2,1-2H3. The molecule has 1 heterocycles. The lowest BCUT2D eigenvalue weighted by Gasteiger charge is -2.06. The predicted molar refractivity (Wildman–Crippen MR) is 115 cm³/mol. The molecule has 0 aliphatic heterocycles. The first-order chi connectivity index (χ1) is 14.1. The highest BCUT2D eigenvalue weighted by Crippen LogP contribution is 2.24. The zero-order chi connectivity index (χ0) is 20.2. The first-order valence-electron chi connectivity index (χ1n) is 9.28. The van der Waals surface area contributed by atoms with Gasteiger partial charge in [0.25, 0.3) is 5.91 Å². The van der Waals surface area contributed by atoms with Crippen LogP contribution in [0.15, 0.2) is 77.8 Å². The number of para-hydroxylation sites is 1. The number of aromatic nitrogens is 1. The average Bonchev–Trinajstić information content (AvgIpc) is 3.04. The van der Waals surface area contributed by atoms with Gasteiger partial charge in [-0.2, -0.15) is 4.99 Å². The number of carbonyl (C=O) groups is 1. The topological polar surface area (TPSA) is 52.8 Å². The molecular formula is C23H20N2O3S. The van der Waals surface area contributed by atoms with Crippen molar-refractivity contribution in [3.63, 3.8) is 0 Å². The number of nitrogens with zero attached hydrogens (tertiary/aromatic N) is 2. The number of ether oxygens (including phenoxy) is 2. The van der Waals surface area contributed by atoms with Gasteiger partial charge in [0, 0.05) is 12.6 Å². The number of hydrogen-bond acceptors (Lipinski definition) is 4. The lowest BCUT2D eigenvalue weighted by Crippen LogP contribution is -2.13. The number of fused-ring (bicyclic) bond motifs is 1. The number of carbonyl (C=O) groups excluding carboxylic acids is 1. The molecule has 0 aliphatic carbocycles. The molecule has 0 fully saturated rings. The average molecular weight is 404 g/mol. The third-order valence-corrected chi connectivity index (χ3v) is 5.44. The Balaban J connectivity index is 1.64. The van der Waals surface area contributed by atoms with E-state index in [9.17, 15) is 4.79 Å². The summed E-state index contributed by atoms with van der Waals surface area (Å²) in [7, 11) is 1.90. The monoisotopic (exact) mass is 404 g/mol. The molecule has 0 spiro atoms. The Morgan fingerprint density at radius 2 is 1.76 bits per heavy atom. The Hall–Kier alpha value is -3.38. The third-order valence-electron chi connectivity index (χ3n) is 4.35. The van der Waals surface area contributed by atoms with Gasteiger partial charge < -0.3 is 14.0 Å². The van der Waals surface area contributed by atoms with Crippen LogP contribution in [-0.2, 0) is 7.05 Å². The van der Waals surface area contributed by atoms with E-state index in [2.05, 4.69) is 4.99 Å². The molecule has 4 rings (SSSR count). The van der Waals surface area contributed by atoms with Crippen LogP contribution in [-0.4, -0.2) is 17.1 Å². The van der Waals surface area contributed by atoms with Crippen LogP contribution < -0.4 is 14.3 Å². The fraction of sp³-hybridized carbons (Fsp3) is 0.130. The lowest BCUT2D eigenvalue weighted by atomic mass is 10.2. The molecule has 0 radical (unpaired) electrons. The van der Waals surface area contributed by atoms with Gasteiger partial charge in [-0.25, -0.2) is 0 Å². The van der Waals surface area contributed by atoms with Crippen LogP contribution in [0, 0.1) is 0 Å². The zero-order valence-electron chi connectivity index (χ0n) is 16.2. The molecule has 0 saturated heterocycles. The fourth-order valence-electron chi connectivity index (χ4n) is 2.95. The minimum absolute atomic E-state index is 0.310. The second-order valence-electron chi connectivity index (χ2n) is 6.37.